The SMILES string of the molecule is Cc1cccc(-c2c(Cl)nc(-c3ccc(Br)s3)nc2Cl)c1. The molecule has 2 nitrogen and oxygen atoms in total. The van der Waals surface area contributed by atoms with Gasteiger partial charge in [-0.3, -0.25) is 0 Å². The predicted molar refractivity (Wildman–Crippen MR) is 93.2 cm³/mol. The molecule has 0 fully saturated rings. The van der Waals surface area contributed by atoms with Crippen LogP contribution >= 0.6 is 50.5 Å². The molecule has 0 aliphatic heterocycles. The molecule has 0 amide bonds. The maximum Gasteiger partial charge on any atom is 0.172 e. The van der Waals surface area contributed by atoms with Gasteiger partial charge >= 0.3 is 0 Å². The number of thiophene rings is 1. The summed E-state index contributed by atoms with van der Waals surface area (Å²) in [5.74, 6) is 0.539. The Hall–Kier alpha value is -0.940. The normalized spacial score (nSPS) is 10.9. The van der Waals surface area contributed by atoms with Crippen LogP contribution in [0.2, 0.25) is 10.3 Å². The van der Waals surface area contributed by atoms with Crippen molar-refractivity contribution in [2.24, 2.45) is 0 Å². The van der Waals surface area contributed by atoms with Crippen LogP contribution in [0.5, 0.6) is 0 Å². The Morgan fingerprint density at radius 3 is 2.33 bits per heavy atom. The Balaban J connectivity index is 2.12. The van der Waals surface area contributed by atoms with E-state index in [4.69, 9.17) is 23.2 Å². The molecule has 21 heavy (non-hydrogen) atoms. The molecule has 3 aromatic rings. The van der Waals surface area contributed by atoms with E-state index in [1.165, 1.54) is 11.3 Å². The van der Waals surface area contributed by atoms with E-state index in [0.717, 1.165) is 19.8 Å². The minimum Gasteiger partial charge on any atom is -0.215 e. The Morgan fingerprint density at radius 1 is 1.05 bits per heavy atom. The van der Waals surface area contributed by atoms with E-state index in [1.54, 1.807) is 0 Å². The van der Waals surface area contributed by atoms with Crippen molar-refractivity contribution < 1.29 is 0 Å². The minimum atomic E-state index is 0.361. The van der Waals surface area contributed by atoms with Gasteiger partial charge in [-0.05, 0) is 40.5 Å². The summed E-state index contributed by atoms with van der Waals surface area (Å²) >= 11 is 17.6. The lowest BCUT2D eigenvalue weighted by atomic mass is 10.1. The van der Waals surface area contributed by atoms with Gasteiger partial charge in [-0.25, -0.2) is 9.97 Å². The number of benzene rings is 1. The molecule has 0 N–H and O–H groups in total. The zero-order valence-electron chi connectivity index (χ0n) is 10.9. The molecule has 6 heteroatoms. The third kappa shape index (κ3) is 3.14. The molecule has 0 saturated heterocycles. The Bertz CT molecular complexity index is 794. The molecule has 2 aromatic heterocycles. The van der Waals surface area contributed by atoms with Crippen LogP contribution in [-0.4, -0.2) is 9.97 Å². The summed E-state index contributed by atoms with van der Waals surface area (Å²) in [4.78, 5) is 9.68. The van der Waals surface area contributed by atoms with Crippen LogP contribution in [0.25, 0.3) is 21.8 Å². The van der Waals surface area contributed by atoms with Crippen molar-refractivity contribution in [1.82, 2.24) is 9.97 Å². The molecular weight excluding hydrogens is 391 g/mol. The van der Waals surface area contributed by atoms with Gasteiger partial charge in [0.05, 0.1) is 14.2 Å². The Labute approximate surface area is 144 Å². The maximum absolute atomic E-state index is 6.34. The summed E-state index contributed by atoms with van der Waals surface area (Å²) in [6, 6.07) is 11.8. The number of nitrogens with zero attached hydrogens (tertiary/aromatic N) is 2. The lowest BCUT2D eigenvalue weighted by Gasteiger charge is -2.08. The van der Waals surface area contributed by atoms with Gasteiger partial charge in [0, 0.05) is 0 Å². The van der Waals surface area contributed by atoms with Crippen LogP contribution in [0.1, 0.15) is 5.56 Å². The number of aromatic nitrogens is 2. The van der Waals surface area contributed by atoms with Crippen molar-refractivity contribution in [3.8, 4) is 21.8 Å². The standard InChI is InChI=1S/C15H9BrCl2N2S/c1-8-3-2-4-9(7-8)12-13(17)19-15(20-14(12)18)10-5-6-11(16)21-10/h2-7H,1H3. The number of halogens is 3. The molecule has 1 aromatic carbocycles. The van der Waals surface area contributed by atoms with Gasteiger partial charge < -0.3 is 0 Å². The topological polar surface area (TPSA) is 25.8 Å². The van der Waals surface area contributed by atoms with E-state index < -0.39 is 0 Å². The fourth-order valence-corrected chi connectivity index (χ4v) is 3.92. The molecule has 0 spiro atoms. The molecule has 0 radical (unpaired) electrons. The van der Waals surface area contributed by atoms with Gasteiger partial charge in [-0.15, -0.1) is 11.3 Å². The minimum absolute atomic E-state index is 0.361. The maximum atomic E-state index is 6.34. The van der Waals surface area contributed by atoms with Crippen molar-refractivity contribution in [2.75, 3.05) is 0 Å². The lowest BCUT2D eigenvalue weighted by Crippen LogP contribution is -1.93. The molecule has 0 saturated carbocycles. The highest BCUT2D eigenvalue weighted by molar-refractivity contribution is 9.11. The van der Waals surface area contributed by atoms with Gasteiger partial charge in [-0.1, -0.05) is 53.0 Å². The highest BCUT2D eigenvalue weighted by Gasteiger charge is 2.15. The summed E-state index contributed by atoms with van der Waals surface area (Å²) in [6.45, 7) is 2.02. The van der Waals surface area contributed by atoms with Crippen LogP contribution in [0.3, 0.4) is 0 Å². The summed E-state index contributed by atoms with van der Waals surface area (Å²) in [7, 11) is 0. The van der Waals surface area contributed by atoms with Gasteiger partial charge in [0.1, 0.15) is 10.3 Å². The van der Waals surface area contributed by atoms with Crippen LogP contribution in [-0.2, 0) is 0 Å². The molecular formula is C15H9BrCl2N2S. The van der Waals surface area contributed by atoms with Gasteiger partial charge in [0.25, 0.3) is 0 Å². The van der Waals surface area contributed by atoms with E-state index in [1.807, 2.05) is 43.3 Å². The van der Waals surface area contributed by atoms with Crippen molar-refractivity contribution in [2.45, 2.75) is 6.92 Å². The fraction of sp³-hybridized carbons (Fsp3) is 0.0667. The van der Waals surface area contributed by atoms with Crippen molar-refractivity contribution >= 4 is 50.5 Å². The third-order valence-corrected chi connectivity index (χ3v) is 5.09. The van der Waals surface area contributed by atoms with E-state index in [0.29, 0.717) is 21.7 Å². The average Bonchev–Trinajstić information content (AvgIpc) is 2.85. The summed E-state index contributed by atoms with van der Waals surface area (Å²) in [5, 5.41) is 0.722. The average molecular weight is 400 g/mol. The molecule has 2 heterocycles. The number of hydrogen-bond acceptors (Lipinski definition) is 3. The quantitative estimate of drug-likeness (QED) is 0.476. The molecule has 0 unspecified atom stereocenters. The van der Waals surface area contributed by atoms with Crippen molar-refractivity contribution in [3.63, 3.8) is 0 Å². The van der Waals surface area contributed by atoms with Crippen LogP contribution in [0, 0.1) is 6.92 Å². The zero-order valence-corrected chi connectivity index (χ0v) is 14.8. The second kappa shape index (κ2) is 6.05. The Kier molecular flexibility index (Phi) is 4.31. The molecule has 3 rings (SSSR count). The van der Waals surface area contributed by atoms with E-state index in [2.05, 4.69) is 25.9 Å². The first-order chi connectivity index (χ1) is 10.0. The van der Waals surface area contributed by atoms with Crippen molar-refractivity contribution in [3.05, 3.63) is 56.1 Å². The molecule has 0 aliphatic carbocycles. The number of aryl methyl sites for hydroxylation is 1. The first-order valence-electron chi connectivity index (χ1n) is 6.10. The number of hydrogen-bond donors (Lipinski definition) is 0. The van der Waals surface area contributed by atoms with Gasteiger partial charge in [0.2, 0.25) is 0 Å². The monoisotopic (exact) mass is 398 g/mol. The lowest BCUT2D eigenvalue weighted by molar-refractivity contribution is 1.19. The van der Waals surface area contributed by atoms with E-state index in [9.17, 15) is 0 Å². The second-order valence-electron chi connectivity index (χ2n) is 4.48. The smallest absolute Gasteiger partial charge is 0.172 e. The summed E-state index contributed by atoms with van der Waals surface area (Å²) < 4.78 is 1.01. The van der Waals surface area contributed by atoms with Gasteiger partial charge in [0.15, 0.2) is 5.82 Å². The third-order valence-electron chi connectivity index (χ3n) is 2.92. The van der Waals surface area contributed by atoms with Crippen LogP contribution < -0.4 is 0 Å². The highest BCUT2D eigenvalue weighted by Crippen LogP contribution is 2.36. The first kappa shape index (κ1) is 15.0. The molecule has 0 aliphatic rings. The Morgan fingerprint density at radius 2 is 1.76 bits per heavy atom. The van der Waals surface area contributed by atoms with E-state index >= 15 is 0 Å². The van der Waals surface area contributed by atoms with Crippen LogP contribution in [0.4, 0.5) is 0 Å². The van der Waals surface area contributed by atoms with Crippen LogP contribution in [0.15, 0.2) is 40.2 Å². The second-order valence-corrected chi connectivity index (χ2v) is 7.66. The molecule has 106 valence electrons. The zero-order chi connectivity index (χ0) is 15.0. The predicted octanol–water partition coefficient (Wildman–Crippen LogP) is 6.25. The summed E-state index contributed by atoms with van der Waals surface area (Å²) in [5.41, 5.74) is 2.72. The fourth-order valence-electron chi connectivity index (χ4n) is 1.99. The van der Waals surface area contributed by atoms with Crippen molar-refractivity contribution in [1.29, 1.82) is 0 Å². The highest BCUT2D eigenvalue weighted by atomic mass is 79.9. The molecule has 0 bridgehead atoms. The van der Waals surface area contributed by atoms with Gasteiger partial charge in [-0.2, -0.15) is 0 Å². The summed E-state index contributed by atoms with van der Waals surface area (Å²) in [6.07, 6.45) is 0. The van der Waals surface area contributed by atoms with E-state index in [-0.39, 0.29) is 0 Å². The number of rotatable bonds is 2. The largest absolute Gasteiger partial charge is 0.215 e. The molecule has 0 atom stereocenters. The first-order valence-corrected chi connectivity index (χ1v) is 8.47.